The van der Waals surface area contributed by atoms with Crippen molar-refractivity contribution in [1.82, 2.24) is 14.9 Å². The molecule has 1 aromatic heterocycles. The number of carbonyl (C=O) groups is 1. The predicted molar refractivity (Wildman–Crippen MR) is 101 cm³/mol. The molecule has 0 N–H and O–H groups in total. The number of rotatable bonds is 1. The highest BCUT2D eigenvalue weighted by Gasteiger charge is 2.54. The Bertz CT molecular complexity index is 923. The van der Waals surface area contributed by atoms with E-state index in [1.807, 2.05) is 21.7 Å². The van der Waals surface area contributed by atoms with Gasteiger partial charge >= 0.3 is 6.03 Å². The fourth-order valence-corrected chi connectivity index (χ4v) is 4.36. The van der Waals surface area contributed by atoms with Crippen LogP contribution in [0.15, 0.2) is 30.6 Å². The number of anilines is 3. The number of fused-ring (bicyclic) bond motifs is 1. The lowest BCUT2D eigenvalue weighted by Gasteiger charge is -2.60. The summed E-state index contributed by atoms with van der Waals surface area (Å²) in [5.74, 6) is -0.237. The molecule has 2 aromatic rings. The number of benzene rings is 1. The highest BCUT2D eigenvalue weighted by molar-refractivity contribution is 5.97. The number of likely N-dealkylation sites (N-methyl/N-ethyl adjacent to an activating group) is 1. The van der Waals surface area contributed by atoms with Gasteiger partial charge in [-0.25, -0.2) is 23.5 Å². The zero-order valence-corrected chi connectivity index (χ0v) is 15.5. The first kappa shape index (κ1) is 17.2. The fourth-order valence-electron chi connectivity index (χ4n) is 4.36. The molecule has 9 heteroatoms. The lowest BCUT2D eigenvalue weighted by atomic mass is 9.73. The van der Waals surface area contributed by atoms with Gasteiger partial charge < -0.3 is 14.7 Å². The maximum Gasteiger partial charge on any atom is 0.324 e. The zero-order valence-electron chi connectivity index (χ0n) is 15.5. The van der Waals surface area contributed by atoms with Gasteiger partial charge in [-0.1, -0.05) is 0 Å². The van der Waals surface area contributed by atoms with E-state index in [1.165, 1.54) is 12.1 Å². The van der Waals surface area contributed by atoms with Gasteiger partial charge in [0.1, 0.15) is 5.82 Å². The van der Waals surface area contributed by atoms with Crippen molar-refractivity contribution in [1.29, 1.82) is 0 Å². The molecule has 2 amide bonds. The van der Waals surface area contributed by atoms with Gasteiger partial charge in [0.25, 0.3) is 0 Å². The monoisotopic (exact) mass is 386 g/mol. The van der Waals surface area contributed by atoms with E-state index in [9.17, 15) is 13.6 Å². The highest BCUT2D eigenvalue weighted by Crippen LogP contribution is 2.42. The summed E-state index contributed by atoms with van der Waals surface area (Å²) in [6.45, 7) is 4.10. The summed E-state index contributed by atoms with van der Waals surface area (Å²) in [6, 6.07) is 4.49. The third kappa shape index (κ3) is 2.64. The van der Waals surface area contributed by atoms with Crippen molar-refractivity contribution in [3.05, 3.63) is 42.2 Å². The van der Waals surface area contributed by atoms with E-state index in [2.05, 4.69) is 9.97 Å². The van der Waals surface area contributed by atoms with Crippen LogP contribution in [-0.2, 0) is 0 Å². The third-order valence-electron chi connectivity index (χ3n) is 5.79. The first-order chi connectivity index (χ1) is 13.4. The number of aromatic nitrogens is 2. The lowest BCUT2D eigenvalue weighted by Crippen LogP contribution is -2.74. The van der Waals surface area contributed by atoms with Gasteiger partial charge in [0.2, 0.25) is 5.95 Å². The molecule has 7 nitrogen and oxygen atoms in total. The summed E-state index contributed by atoms with van der Waals surface area (Å²) in [4.78, 5) is 28.6. The van der Waals surface area contributed by atoms with E-state index in [1.54, 1.807) is 11.0 Å². The number of carbonyl (C=O) groups excluding carboxylic acids is 1. The third-order valence-corrected chi connectivity index (χ3v) is 5.79. The second kappa shape index (κ2) is 6.02. The van der Waals surface area contributed by atoms with Gasteiger partial charge in [-0.15, -0.1) is 0 Å². The Balaban J connectivity index is 1.24. The molecule has 3 aliphatic heterocycles. The van der Waals surface area contributed by atoms with Crippen molar-refractivity contribution >= 4 is 23.4 Å². The van der Waals surface area contributed by atoms with Crippen molar-refractivity contribution in [2.24, 2.45) is 5.41 Å². The van der Waals surface area contributed by atoms with E-state index < -0.39 is 5.82 Å². The second-order valence-corrected chi connectivity index (χ2v) is 7.90. The van der Waals surface area contributed by atoms with Crippen molar-refractivity contribution in [2.75, 3.05) is 61.0 Å². The van der Waals surface area contributed by atoms with Crippen LogP contribution in [0.4, 0.5) is 30.9 Å². The van der Waals surface area contributed by atoms with Crippen LogP contribution in [0.2, 0.25) is 0 Å². The Morgan fingerprint density at radius 1 is 1.00 bits per heavy atom. The number of amides is 2. The minimum atomic E-state index is -0.452. The first-order valence-corrected chi connectivity index (χ1v) is 9.24. The van der Waals surface area contributed by atoms with Gasteiger partial charge in [-0.2, -0.15) is 0 Å². The minimum Gasteiger partial charge on any atom is -0.371 e. The molecular formula is C19H20F2N6O. The number of hydrogen-bond donors (Lipinski definition) is 0. The maximum atomic E-state index is 13.6. The molecule has 0 saturated carbocycles. The van der Waals surface area contributed by atoms with Crippen LogP contribution < -0.4 is 14.7 Å². The summed E-state index contributed by atoms with van der Waals surface area (Å²) in [7, 11) is 1.90. The van der Waals surface area contributed by atoms with Crippen molar-refractivity contribution in [2.45, 2.75) is 0 Å². The van der Waals surface area contributed by atoms with Crippen LogP contribution in [0.5, 0.6) is 0 Å². The van der Waals surface area contributed by atoms with E-state index in [0.717, 1.165) is 36.9 Å². The molecule has 1 spiro atoms. The van der Waals surface area contributed by atoms with E-state index >= 15 is 0 Å². The van der Waals surface area contributed by atoms with E-state index in [-0.39, 0.29) is 17.3 Å². The molecule has 0 unspecified atom stereocenters. The molecule has 0 atom stereocenters. The van der Waals surface area contributed by atoms with Crippen LogP contribution in [0.25, 0.3) is 0 Å². The second-order valence-electron chi connectivity index (χ2n) is 7.90. The summed E-state index contributed by atoms with van der Waals surface area (Å²) in [5, 5.41) is 0. The number of urea groups is 1. The molecule has 0 radical (unpaired) electrons. The minimum absolute atomic E-state index is 0.0388. The standard InChI is InChI=1S/C19H20F2N6O/c1-24-4-5-27(15-3-2-13(20)6-16(15)24)18(28)26-11-19(12-26)9-25(10-19)17-22-7-14(21)8-23-17/h2-3,6-8H,4-5,9-12H2,1H3. The van der Waals surface area contributed by atoms with Gasteiger partial charge in [-0.3, -0.25) is 4.90 Å². The normalized spacial score (nSPS) is 20.0. The van der Waals surface area contributed by atoms with Crippen LogP contribution >= 0.6 is 0 Å². The topological polar surface area (TPSA) is 55.8 Å². The molecule has 0 aliphatic carbocycles. The summed E-state index contributed by atoms with van der Waals surface area (Å²) in [6.07, 6.45) is 2.33. The Hall–Kier alpha value is -2.97. The Labute approximate surface area is 161 Å². The smallest absolute Gasteiger partial charge is 0.324 e. The Morgan fingerprint density at radius 2 is 1.71 bits per heavy atom. The van der Waals surface area contributed by atoms with E-state index in [0.29, 0.717) is 32.1 Å². The van der Waals surface area contributed by atoms with Crippen molar-refractivity contribution < 1.29 is 13.6 Å². The van der Waals surface area contributed by atoms with Gasteiger partial charge in [0.15, 0.2) is 5.82 Å². The average molecular weight is 386 g/mol. The van der Waals surface area contributed by atoms with Gasteiger partial charge in [0, 0.05) is 51.7 Å². The molecule has 2 saturated heterocycles. The molecule has 146 valence electrons. The molecule has 28 heavy (non-hydrogen) atoms. The number of likely N-dealkylation sites (tertiary alicyclic amines) is 1. The summed E-state index contributed by atoms with van der Waals surface area (Å²) >= 11 is 0. The summed E-state index contributed by atoms with van der Waals surface area (Å²) < 4.78 is 26.6. The Morgan fingerprint density at radius 3 is 2.43 bits per heavy atom. The first-order valence-electron chi connectivity index (χ1n) is 9.24. The average Bonchev–Trinajstić information content (AvgIpc) is 2.61. The van der Waals surface area contributed by atoms with Crippen LogP contribution in [-0.4, -0.2) is 67.2 Å². The molecule has 0 bridgehead atoms. The summed E-state index contributed by atoms with van der Waals surface area (Å²) in [5.41, 5.74) is 1.54. The molecule has 5 rings (SSSR count). The van der Waals surface area contributed by atoms with Crippen LogP contribution in [0.1, 0.15) is 0 Å². The lowest BCUT2D eigenvalue weighted by molar-refractivity contribution is 0.00920. The van der Waals surface area contributed by atoms with E-state index in [4.69, 9.17) is 0 Å². The molecule has 4 heterocycles. The molecular weight excluding hydrogens is 366 g/mol. The number of halogens is 2. The molecule has 2 fully saturated rings. The Kier molecular flexibility index (Phi) is 3.68. The van der Waals surface area contributed by atoms with Crippen molar-refractivity contribution in [3.63, 3.8) is 0 Å². The van der Waals surface area contributed by atoms with Gasteiger partial charge in [0.05, 0.1) is 23.8 Å². The SMILES string of the molecule is CN1CCN(C(=O)N2CC3(C2)CN(c2ncc(F)cn2)C3)c2ccc(F)cc21. The molecule has 1 aromatic carbocycles. The number of nitrogens with zero attached hydrogens (tertiary/aromatic N) is 6. The van der Waals surface area contributed by atoms with Gasteiger partial charge in [-0.05, 0) is 18.2 Å². The number of hydrogen-bond acceptors (Lipinski definition) is 5. The predicted octanol–water partition coefficient (Wildman–Crippen LogP) is 1.95. The fraction of sp³-hybridized carbons (Fsp3) is 0.421. The molecule has 3 aliphatic rings. The zero-order chi connectivity index (χ0) is 19.5. The maximum absolute atomic E-state index is 13.6. The van der Waals surface area contributed by atoms with Crippen molar-refractivity contribution in [3.8, 4) is 0 Å². The van der Waals surface area contributed by atoms with Crippen LogP contribution in [0, 0.1) is 17.0 Å². The largest absolute Gasteiger partial charge is 0.371 e. The highest BCUT2D eigenvalue weighted by atomic mass is 19.1. The quantitative estimate of drug-likeness (QED) is 0.750. The van der Waals surface area contributed by atoms with Crippen LogP contribution in [0.3, 0.4) is 0 Å².